The number of carbonyl (C=O) groups excluding carboxylic acids is 2. The molecule has 148 valence electrons. The fraction of sp³-hybridized carbons (Fsp3) is 0.364. The zero-order valence-electron chi connectivity index (χ0n) is 16.4. The highest BCUT2D eigenvalue weighted by molar-refractivity contribution is 5.94. The molecule has 0 radical (unpaired) electrons. The third-order valence-electron chi connectivity index (χ3n) is 5.03. The molecule has 3 rings (SSSR count). The van der Waals surface area contributed by atoms with Crippen molar-refractivity contribution >= 4 is 11.8 Å². The number of hydrogen-bond donors (Lipinski definition) is 1. The number of hydrogen-bond acceptors (Lipinski definition) is 4. The monoisotopic (exact) mass is 381 g/mol. The number of piperazine rings is 1. The van der Waals surface area contributed by atoms with Crippen molar-refractivity contribution in [3.8, 4) is 5.75 Å². The summed E-state index contributed by atoms with van der Waals surface area (Å²) in [6.07, 6.45) is 0. The largest absolute Gasteiger partial charge is 0.496 e. The molecule has 0 aromatic heterocycles. The molecule has 1 aliphatic heterocycles. The van der Waals surface area contributed by atoms with Crippen molar-refractivity contribution in [3.63, 3.8) is 0 Å². The molecule has 2 aromatic carbocycles. The van der Waals surface area contributed by atoms with Crippen LogP contribution in [0.5, 0.6) is 5.75 Å². The first-order valence-electron chi connectivity index (χ1n) is 9.57. The van der Waals surface area contributed by atoms with Crippen LogP contribution >= 0.6 is 0 Å². The number of benzene rings is 2. The van der Waals surface area contributed by atoms with Crippen LogP contribution in [-0.2, 0) is 4.79 Å². The van der Waals surface area contributed by atoms with Gasteiger partial charge in [-0.1, -0.05) is 36.4 Å². The Morgan fingerprint density at radius 2 is 1.64 bits per heavy atom. The molecule has 1 saturated heterocycles. The van der Waals surface area contributed by atoms with E-state index in [1.165, 1.54) is 0 Å². The van der Waals surface area contributed by atoms with E-state index >= 15 is 0 Å². The summed E-state index contributed by atoms with van der Waals surface area (Å²) in [6.45, 7) is 4.91. The smallest absolute Gasteiger partial charge is 0.253 e. The minimum absolute atomic E-state index is 0.0266. The van der Waals surface area contributed by atoms with Gasteiger partial charge in [-0.15, -0.1) is 0 Å². The number of amides is 2. The molecule has 1 N–H and O–H groups in total. The molecule has 6 heteroatoms. The molecule has 2 aromatic rings. The Hall–Kier alpha value is -2.86. The molecule has 2 amide bonds. The predicted octanol–water partition coefficient (Wildman–Crippen LogP) is 2.33. The van der Waals surface area contributed by atoms with E-state index < -0.39 is 0 Å². The third kappa shape index (κ3) is 4.89. The predicted molar refractivity (Wildman–Crippen MR) is 108 cm³/mol. The van der Waals surface area contributed by atoms with Gasteiger partial charge in [-0.05, 0) is 25.1 Å². The van der Waals surface area contributed by atoms with Crippen molar-refractivity contribution in [3.05, 3.63) is 65.7 Å². The molecule has 0 spiro atoms. The molecular weight excluding hydrogens is 354 g/mol. The van der Waals surface area contributed by atoms with Gasteiger partial charge in [-0.2, -0.15) is 0 Å². The van der Waals surface area contributed by atoms with E-state index in [-0.39, 0.29) is 17.9 Å². The molecule has 1 atom stereocenters. The van der Waals surface area contributed by atoms with Gasteiger partial charge in [0, 0.05) is 37.3 Å². The standard InChI is InChI=1S/C22H27N3O3/c1-17(19-10-6-7-11-20(19)28-2)23-21(26)16-24-12-14-25(15-13-24)22(27)18-8-4-3-5-9-18/h3-11,17H,12-16H2,1-2H3,(H,23,26). The van der Waals surface area contributed by atoms with E-state index in [2.05, 4.69) is 10.2 Å². The van der Waals surface area contributed by atoms with Crippen molar-refractivity contribution in [2.24, 2.45) is 0 Å². The second-order valence-electron chi connectivity index (χ2n) is 6.97. The summed E-state index contributed by atoms with van der Waals surface area (Å²) in [5.41, 5.74) is 1.66. The first-order valence-corrected chi connectivity index (χ1v) is 9.57. The van der Waals surface area contributed by atoms with Crippen LogP contribution in [0.1, 0.15) is 28.9 Å². The maximum atomic E-state index is 12.5. The molecular formula is C22H27N3O3. The Morgan fingerprint density at radius 3 is 2.32 bits per heavy atom. The Bertz CT molecular complexity index is 802. The van der Waals surface area contributed by atoms with Crippen LogP contribution in [0.25, 0.3) is 0 Å². The average molecular weight is 381 g/mol. The van der Waals surface area contributed by atoms with Crippen molar-refractivity contribution in [2.75, 3.05) is 39.8 Å². The van der Waals surface area contributed by atoms with Crippen LogP contribution < -0.4 is 10.1 Å². The van der Waals surface area contributed by atoms with Gasteiger partial charge in [0.05, 0.1) is 19.7 Å². The van der Waals surface area contributed by atoms with Crippen molar-refractivity contribution in [1.29, 1.82) is 0 Å². The maximum Gasteiger partial charge on any atom is 0.253 e. The fourth-order valence-corrected chi connectivity index (χ4v) is 3.46. The Balaban J connectivity index is 1.48. The molecule has 0 saturated carbocycles. The van der Waals surface area contributed by atoms with Gasteiger partial charge in [-0.25, -0.2) is 0 Å². The normalized spacial score (nSPS) is 15.7. The summed E-state index contributed by atoms with van der Waals surface area (Å²) in [5.74, 6) is 0.791. The highest BCUT2D eigenvalue weighted by Crippen LogP contribution is 2.24. The van der Waals surface area contributed by atoms with E-state index in [9.17, 15) is 9.59 Å². The number of ether oxygens (including phenoxy) is 1. The van der Waals surface area contributed by atoms with Crippen LogP contribution in [0, 0.1) is 0 Å². The minimum atomic E-state index is -0.135. The van der Waals surface area contributed by atoms with Crippen molar-refractivity contribution in [1.82, 2.24) is 15.1 Å². The lowest BCUT2D eigenvalue weighted by molar-refractivity contribution is -0.123. The summed E-state index contributed by atoms with van der Waals surface area (Å²) in [6, 6.07) is 16.9. The van der Waals surface area contributed by atoms with Crippen molar-refractivity contribution in [2.45, 2.75) is 13.0 Å². The highest BCUT2D eigenvalue weighted by atomic mass is 16.5. The number of nitrogens with one attached hydrogen (secondary N) is 1. The van der Waals surface area contributed by atoms with Gasteiger partial charge in [0.2, 0.25) is 5.91 Å². The van der Waals surface area contributed by atoms with Gasteiger partial charge in [0.25, 0.3) is 5.91 Å². The molecule has 6 nitrogen and oxygen atoms in total. The lowest BCUT2D eigenvalue weighted by atomic mass is 10.1. The van der Waals surface area contributed by atoms with E-state index in [1.54, 1.807) is 7.11 Å². The topological polar surface area (TPSA) is 61.9 Å². The number of rotatable bonds is 6. The minimum Gasteiger partial charge on any atom is -0.496 e. The molecule has 1 fully saturated rings. The van der Waals surface area contributed by atoms with Gasteiger partial charge in [0.15, 0.2) is 0 Å². The fourth-order valence-electron chi connectivity index (χ4n) is 3.46. The summed E-state index contributed by atoms with van der Waals surface area (Å²) in [7, 11) is 1.63. The molecule has 1 unspecified atom stereocenters. The van der Waals surface area contributed by atoms with E-state index in [4.69, 9.17) is 4.74 Å². The van der Waals surface area contributed by atoms with E-state index in [1.807, 2.05) is 66.4 Å². The van der Waals surface area contributed by atoms with Crippen LogP contribution in [0.2, 0.25) is 0 Å². The van der Waals surface area contributed by atoms with E-state index in [0.29, 0.717) is 38.3 Å². The zero-order valence-corrected chi connectivity index (χ0v) is 16.4. The van der Waals surface area contributed by atoms with Crippen LogP contribution in [-0.4, -0.2) is 61.4 Å². The number of carbonyl (C=O) groups is 2. The van der Waals surface area contributed by atoms with Gasteiger partial charge >= 0.3 is 0 Å². The number of nitrogens with zero attached hydrogens (tertiary/aromatic N) is 2. The first-order chi connectivity index (χ1) is 13.6. The number of methoxy groups -OCH3 is 1. The van der Waals surface area contributed by atoms with Crippen LogP contribution in [0.15, 0.2) is 54.6 Å². The quantitative estimate of drug-likeness (QED) is 0.834. The van der Waals surface area contributed by atoms with E-state index in [0.717, 1.165) is 11.3 Å². The third-order valence-corrected chi connectivity index (χ3v) is 5.03. The lowest BCUT2D eigenvalue weighted by Crippen LogP contribution is -2.51. The van der Waals surface area contributed by atoms with Gasteiger partial charge in [-0.3, -0.25) is 14.5 Å². The molecule has 28 heavy (non-hydrogen) atoms. The summed E-state index contributed by atoms with van der Waals surface area (Å²) in [4.78, 5) is 28.9. The lowest BCUT2D eigenvalue weighted by Gasteiger charge is -2.34. The van der Waals surface area contributed by atoms with Crippen molar-refractivity contribution < 1.29 is 14.3 Å². The maximum absolute atomic E-state index is 12.5. The first kappa shape index (κ1) is 19.9. The van der Waals surface area contributed by atoms with Gasteiger partial charge in [0.1, 0.15) is 5.75 Å². The van der Waals surface area contributed by atoms with Crippen LogP contribution in [0.4, 0.5) is 0 Å². The highest BCUT2D eigenvalue weighted by Gasteiger charge is 2.23. The van der Waals surface area contributed by atoms with Gasteiger partial charge < -0.3 is 15.0 Å². The number of para-hydroxylation sites is 1. The van der Waals surface area contributed by atoms with Crippen LogP contribution in [0.3, 0.4) is 0 Å². The average Bonchev–Trinajstić information content (AvgIpc) is 2.74. The summed E-state index contributed by atoms with van der Waals surface area (Å²) in [5, 5.41) is 3.04. The SMILES string of the molecule is COc1ccccc1C(C)NC(=O)CN1CCN(C(=O)c2ccccc2)CC1. The molecule has 0 bridgehead atoms. The Labute approximate surface area is 166 Å². The molecule has 1 aliphatic rings. The summed E-state index contributed by atoms with van der Waals surface area (Å²) < 4.78 is 5.37. The molecule has 1 heterocycles. The second kappa shape index (κ2) is 9.37. The second-order valence-corrected chi connectivity index (χ2v) is 6.97. The summed E-state index contributed by atoms with van der Waals surface area (Å²) >= 11 is 0. The zero-order chi connectivity index (χ0) is 19.9. The Kier molecular flexibility index (Phi) is 6.66. The Morgan fingerprint density at radius 1 is 1.00 bits per heavy atom. The molecule has 0 aliphatic carbocycles.